The number of likely N-dealkylation sites (tertiary alicyclic amines) is 1. The van der Waals surface area contributed by atoms with Gasteiger partial charge in [-0.3, -0.25) is 4.68 Å². The van der Waals surface area contributed by atoms with Crippen LogP contribution in [0.5, 0.6) is 0 Å². The molecule has 1 saturated heterocycles. The Bertz CT molecular complexity index is 871. The fourth-order valence-corrected chi connectivity index (χ4v) is 3.64. The Morgan fingerprint density at radius 2 is 1.96 bits per heavy atom. The van der Waals surface area contributed by atoms with Gasteiger partial charge in [0.2, 0.25) is 0 Å². The molecule has 7 heteroatoms. The summed E-state index contributed by atoms with van der Waals surface area (Å²) in [6.45, 7) is 6.95. The van der Waals surface area contributed by atoms with Gasteiger partial charge in [-0.05, 0) is 57.4 Å². The van der Waals surface area contributed by atoms with Gasteiger partial charge in [-0.25, -0.2) is 4.79 Å². The van der Waals surface area contributed by atoms with Crippen LogP contribution in [0.3, 0.4) is 0 Å². The van der Waals surface area contributed by atoms with E-state index in [1.807, 2.05) is 50.0 Å². The summed E-state index contributed by atoms with van der Waals surface area (Å²) in [6.07, 6.45) is 5.25. The molecule has 1 aromatic carbocycles. The van der Waals surface area contributed by atoms with Crippen molar-refractivity contribution in [1.82, 2.24) is 14.7 Å². The number of piperidine rings is 1. The van der Waals surface area contributed by atoms with Crippen LogP contribution in [0.15, 0.2) is 35.1 Å². The van der Waals surface area contributed by atoms with Crippen molar-refractivity contribution >= 4 is 22.0 Å². The molecule has 0 radical (unpaired) electrons. The maximum Gasteiger partial charge on any atom is 0.410 e. The summed E-state index contributed by atoms with van der Waals surface area (Å²) < 4.78 is 8.28. The highest BCUT2D eigenvalue weighted by atomic mass is 79.9. The molecule has 0 saturated carbocycles. The Morgan fingerprint density at radius 1 is 1.26 bits per heavy atom. The van der Waals surface area contributed by atoms with Gasteiger partial charge in [0.15, 0.2) is 0 Å². The van der Waals surface area contributed by atoms with Crippen LogP contribution in [0, 0.1) is 11.3 Å². The number of hydrogen-bond donors (Lipinski definition) is 0. The zero-order valence-electron chi connectivity index (χ0n) is 15.8. The van der Waals surface area contributed by atoms with E-state index in [9.17, 15) is 4.79 Å². The van der Waals surface area contributed by atoms with Crippen molar-refractivity contribution in [2.24, 2.45) is 0 Å². The third kappa shape index (κ3) is 4.89. The molecule has 1 aliphatic heterocycles. The van der Waals surface area contributed by atoms with Crippen molar-refractivity contribution in [3.8, 4) is 17.2 Å². The summed E-state index contributed by atoms with van der Waals surface area (Å²) in [4.78, 5) is 14.0. The van der Waals surface area contributed by atoms with Crippen molar-refractivity contribution < 1.29 is 9.53 Å². The first-order valence-electron chi connectivity index (χ1n) is 8.98. The van der Waals surface area contributed by atoms with E-state index in [-0.39, 0.29) is 12.1 Å². The average molecular weight is 431 g/mol. The highest BCUT2D eigenvalue weighted by molar-refractivity contribution is 9.10. The number of nitriles is 1. The molecule has 0 N–H and O–H groups in total. The lowest BCUT2D eigenvalue weighted by molar-refractivity contribution is 0.0185. The number of halogens is 1. The van der Waals surface area contributed by atoms with Gasteiger partial charge < -0.3 is 9.64 Å². The van der Waals surface area contributed by atoms with Gasteiger partial charge in [-0.1, -0.05) is 15.9 Å². The van der Waals surface area contributed by atoms with E-state index in [0.717, 1.165) is 28.4 Å². The van der Waals surface area contributed by atoms with E-state index >= 15 is 0 Å². The number of hydrogen-bond acceptors (Lipinski definition) is 4. The van der Waals surface area contributed by atoms with Gasteiger partial charge in [0.1, 0.15) is 5.60 Å². The van der Waals surface area contributed by atoms with Crippen LogP contribution in [0.25, 0.3) is 11.1 Å². The minimum atomic E-state index is -0.475. The number of amides is 1. The lowest BCUT2D eigenvalue weighted by atomic mass is 10.0. The standard InChI is InChI=1S/C20H23BrN4O2/c1-20(2,3)27-19(26)24-6-4-18(5-7-24)25-13-16(12-23-25)15-8-14(11-22)9-17(21)10-15/h8-10,12-13,18H,4-7H2,1-3H3. The predicted molar refractivity (Wildman–Crippen MR) is 106 cm³/mol. The van der Waals surface area contributed by atoms with Crippen molar-refractivity contribution in [3.63, 3.8) is 0 Å². The summed E-state index contributed by atoms with van der Waals surface area (Å²) >= 11 is 3.45. The predicted octanol–water partition coefficient (Wildman–Crippen LogP) is 4.76. The highest BCUT2D eigenvalue weighted by Crippen LogP contribution is 2.28. The number of ether oxygens (including phenoxy) is 1. The fraction of sp³-hybridized carbons (Fsp3) is 0.450. The first-order valence-corrected chi connectivity index (χ1v) is 9.77. The van der Waals surface area contributed by atoms with Gasteiger partial charge in [-0.2, -0.15) is 10.4 Å². The third-order valence-electron chi connectivity index (χ3n) is 4.45. The second-order valence-corrected chi connectivity index (χ2v) is 8.66. The van der Waals surface area contributed by atoms with Crippen LogP contribution in [0.4, 0.5) is 4.79 Å². The summed E-state index contributed by atoms with van der Waals surface area (Å²) in [5.74, 6) is 0. The first kappa shape index (κ1) is 19.4. The van der Waals surface area contributed by atoms with Gasteiger partial charge in [-0.15, -0.1) is 0 Å². The molecule has 6 nitrogen and oxygen atoms in total. The van der Waals surface area contributed by atoms with Crippen molar-refractivity contribution in [3.05, 3.63) is 40.6 Å². The molecule has 1 aromatic heterocycles. The Morgan fingerprint density at radius 3 is 2.59 bits per heavy atom. The number of nitrogens with zero attached hydrogens (tertiary/aromatic N) is 4. The van der Waals surface area contributed by atoms with E-state index in [4.69, 9.17) is 10.00 Å². The van der Waals surface area contributed by atoms with Crippen LogP contribution < -0.4 is 0 Å². The molecule has 142 valence electrons. The molecule has 1 amide bonds. The molecule has 2 heterocycles. The number of carbonyl (C=O) groups excluding carboxylic acids is 1. The van der Waals surface area contributed by atoms with Gasteiger partial charge in [0, 0.05) is 29.3 Å². The second kappa shape index (κ2) is 7.73. The summed E-state index contributed by atoms with van der Waals surface area (Å²) in [7, 11) is 0. The molecular weight excluding hydrogens is 408 g/mol. The number of benzene rings is 1. The normalized spacial score (nSPS) is 15.4. The van der Waals surface area contributed by atoms with Gasteiger partial charge in [0.05, 0.1) is 23.9 Å². The molecule has 0 spiro atoms. The Balaban J connectivity index is 1.66. The summed E-state index contributed by atoms with van der Waals surface area (Å²) in [5.41, 5.74) is 2.07. The lowest BCUT2D eigenvalue weighted by Crippen LogP contribution is -2.42. The minimum absolute atomic E-state index is 0.250. The van der Waals surface area contributed by atoms with Gasteiger partial charge >= 0.3 is 6.09 Å². The van der Waals surface area contributed by atoms with Crippen LogP contribution in [-0.2, 0) is 4.74 Å². The third-order valence-corrected chi connectivity index (χ3v) is 4.91. The van der Waals surface area contributed by atoms with Crippen molar-refractivity contribution in [2.45, 2.75) is 45.3 Å². The zero-order chi connectivity index (χ0) is 19.6. The van der Waals surface area contributed by atoms with Crippen molar-refractivity contribution in [1.29, 1.82) is 5.26 Å². The SMILES string of the molecule is CC(C)(C)OC(=O)N1CCC(n2cc(-c3cc(Br)cc(C#N)c3)cn2)CC1. The molecule has 3 rings (SSSR count). The summed E-state index contributed by atoms with van der Waals surface area (Å²) in [6, 6.07) is 8.05. The topological polar surface area (TPSA) is 71.2 Å². The van der Waals surface area contributed by atoms with Crippen molar-refractivity contribution in [2.75, 3.05) is 13.1 Å². The molecule has 1 aliphatic rings. The first-order chi connectivity index (χ1) is 12.7. The van der Waals surface area contributed by atoms with Crippen LogP contribution in [0.2, 0.25) is 0 Å². The average Bonchev–Trinajstić information content (AvgIpc) is 3.10. The van der Waals surface area contributed by atoms with E-state index in [1.54, 1.807) is 11.0 Å². The Kier molecular flexibility index (Phi) is 5.56. The van der Waals surface area contributed by atoms with E-state index in [2.05, 4.69) is 27.1 Å². The van der Waals surface area contributed by atoms with E-state index in [0.29, 0.717) is 18.7 Å². The molecule has 0 aliphatic carbocycles. The van der Waals surface area contributed by atoms with Crippen LogP contribution in [0.1, 0.15) is 45.2 Å². The Labute approximate surface area is 167 Å². The highest BCUT2D eigenvalue weighted by Gasteiger charge is 2.27. The van der Waals surface area contributed by atoms with E-state index in [1.165, 1.54) is 0 Å². The summed E-state index contributed by atoms with van der Waals surface area (Å²) in [5, 5.41) is 13.7. The minimum Gasteiger partial charge on any atom is -0.444 e. The molecule has 2 aromatic rings. The molecule has 0 bridgehead atoms. The molecule has 1 fully saturated rings. The lowest BCUT2D eigenvalue weighted by Gasteiger charge is -2.33. The maximum atomic E-state index is 12.2. The fourth-order valence-electron chi connectivity index (χ4n) is 3.15. The number of rotatable bonds is 2. The number of carbonyl (C=O) groups is 1. The Hall–Kier alpha value is -2.33. The second-order valence-electron chi connectivity index (χ2n) is 7.75. The quantitative estimate of drug-likeness (QED) is 0.688. The molecular formula is C20H23BrN4O2. The van der Waals surface area contributed by atoms with Crippen LogP contribution >= 0.6 is 15.9 Å². The maximum absolute atomic E-state index is 12.2. The van der Waals surface area contributed by atoms with E-state index < -0.39 is 5.60 Å². The molecule has 0 atom stereocenters. The largest absolute Gasteiger partial charge is 0.444 e. The zero-order valence-corrected chi connectivity index (χ0v) is 17.4. The molecule has 0 unspecified atom stereocenters. The van der Waals surface area contributed by atoms with Gasteiger partial charge in [0.25, 0.3) is 0 Å². The molecule has 27 heavy (non-hydrogen) atoms. The smallest absolute Gasteiger partial charge is 0.410 e. The van der Waals surface area contributed by atoms with Crippen LogP contribution in [-0.4, -0.2) is 39.5 Å². The number of aromatic nitrogens is 2. The monoisotopic (exact) mass is 430 g/mol.